The zero-order chi connectivity index (χ0) is 27.4. The number of amides is 1. The normalized spacial score (nSPS) is 10.9. The Kier molecular flexibility index (Phi) is 8.70. The highest BCUT2D eigenvalue weighted by atomic mass is 35.5. The van der Waals surface area contributed by atoms with Crippen LogP contribution in [0.2, 0.25) is 5.02 Å². The van der Waals surface area contributed by atoms with Gasteiger partial charge < -0.3 is 19.4 Å². The molecule has 0 atom stereocenters. The number of thiophene rings is 1. The number of aryl methyl sites for hydroxylation is 2. The molecule has 1 N–H and O–H groups in total. The lowest BCUT2D eigenvalue weighted by molar-refractivity contribution is -0.113. The summed E-state index contributed by atoms with van der Waals surface area (Å²) >= 11 is 8.45. The molecule has 0 aliphatic heterocycles. The van der Waals surface area contributed by atoms with Gasteiger partial charge in [0.1, 0.15) is 28.7 Å². The Hall–Kier alpha value is -3.41. The number of carbonyl (C=O) groups is 2. The van der Waals surface area contributed by atoms with E-state index in [2.05, 4.69) is 15.5 Å². The number of benzene rings is 2. The zero-order valence-electron chi connectivity index (χ0n) is 21.0. The molecule has 1 amide bonds. The number of carbonyl (C=O) groups excluding carboxylic acids is 2. The van der Waals surface area contributed by atoms with Crippen LogP contribution < -0.4 is 10.1 Å². The molecule has 0 saturated carbocycles. The van der Waals surface area contributed by atoms with Gasteiger partial charge in [0.15, 0.2) is 11.0 Å². The molecule has 2 aromatic carbocycles. The average Bonchev–Trinajstić information content (AvgIpc) is 3.46. The summed E-state index contributed by atoms with van der Waals surface area (Å²) in [6, 6.07) is 9.86. The Bertz CT molecular complexity index is 1500. The van der Waals surface area contributed by atoms with Crippen molar-refractivity contribution in [2.24, 2.45) is 7.05 Å². The van der Waals surface area contributed by atoms with Gasteiger partial charge in [0.2, 0.25) is 5.91 Å². The van der Waals surface area contributed by atoms with Gasteiger partial charge in [-0.3, -0.25) is 4.79 Å². The summed E-state index contributed by atoms with van der Waals surface area (Å²) in [6.45, 7) is 4.01. The van der Waals surface area contributed by atoms with E-state index < -0.39 is 11.8 Å². The first-order valence-electron chi connectivity index (χ1n) is 11.3. The second kappa shape index (κ2) is 12.0. The SMILES string of the molecule is COC(=O)c1c(-c2cc(C)ccc2C)csc1NC(=O)CSc1nnc(COc2ccc(F)cc2Cl)n1C. The summed E-state index contributed by atoms with van der Waals surface area (Å²) in [5, 5.41) is 14.0. The van der Waals surface area contributed by atoms with Gasteiger partial charge in [-0.25, -0.2) is 9.18 Å². The first-order chi connectivity index (χ1) is 18.2. The maximum Gasteiger partial charge on any atom is 0.341 e. The molecule has 12 heteroatoms. The van der Waals surface area contributed by atoms with Crippen LogP contribution in [-0.2, 0) is 23.2 Å². The van der Waals surface area contributed by atoms with Crippen molar-refractivity contribution in [1.29, 1.82) is 0 Å². The zero-order valence-corrected chi connectivity index (χ0v) is 23.4. The molecular weight excluding hydrogens is 551 g/mol. The van der Waals surface area contributed by atoms with E-state index in [-0.39, 0.29) is 23.3 Å². The molecule has 0 unspecified atom stereocenters. The van der Waals surface area contributed by atoms with Crippen LogP contribution in [-0.4, -0.2) is 39.5 Å². The number of hydrogen-bond acceptors (Lipinski definition) is 8. The van der Waals surface area contributed by atoms with Crippen molar-refractivity contribution >= 4 is 51.6 Å². The van der Waals surface area contributed by atoms with Crippen LogP contribution in [0.3, 0.4) is 0 Å². The highest BCUT2D eigenvalue weighted by Gasteiger charge is 2.23. The van der Waals surface area contributed by atoms with Gasteiger partial charge in [0.25, 0.3) is 0 Å². The Morgan fingerprint density at radius 2 is 1.95 bits per heavy atom. The standard InChI is InChI=1S/C26H24ClFN4O4S2/c1-14-5-6-15(2)17(9-14)18-12-37-24(23(18)25(34)35-4)29-22(33)13-38-26-31-30-21(32(26)3)11-36-20-8-7-16(28)10-19(20)27/h5-10,12H,11,13H2,1-4H3,(H,29,33). The lowest BCUT2D eigenvalue weighted by Crippen LogP contribution is -2.16. The van der Waals surface area contributed by atoms with Gasteiger partial charge >= 0.3 is 5.97 Å². The summed E-state index contributed by atoms with van der Waals surface area (Å²) in [4.78, 5) is 25.5. The second-order valence-corrected chi connectivity index (χ2v) is 10.6. The molecule has 8 nitrogen and oxygen atoms in total. The molecule has 0 radical (unpaired) electrons. The fourth-order valence-corrected chi connectivity index (χ4v) is 5.52. The fourth-order valence-electron chi connectivity index (χ4n) is 3.60. The molecule has 2 aromatic heterocycles. The number of nitrogens with zero attached hydrogens (tertiary/aromatic N) is 3. The summed E-state index contributed by atoms with van der Waals surface area (Å²) in [5.41, 5.74) is 4.01. The van der Waals surface area contributed by atoms with Crippen molar-refractivity contribution in [2.75, 3.05) is 18.2 Å². The first kappa shape index (κ1) is 27.6. The predicted octanol–water partition coefficient (Wildman–Crippen LogP) is 6.05. The number of hydrogen-bond donors (Lipinski definition) is 1. The molecule has 0 fully saturated rings. The Balaban J connectivity index is 1.43. The van der Waals surface area contributed by atoms with Crippen LogP contribution in [0, 0.1) is 19.7 Å². The van der Waals surface area contributed by atoms with Crippen LogP contribution in [0.25, 0.3) is 11.1 Å². The summed E-state index contributed by atoms with van der Waals surface area (Å²) < 4.78 is 25.6. The molecule has 0 bridgehead atoms. The maximum absolute atomic E-state index is 13.2. The van der Waals surface area contributed by atoms with Crippen LogP contribution in [0.1, 0.15) is 27.3 Å². The molecule has 0 saturated heterocycles. The third-order valence-corrected chi connectivity index (χ3v) is 7.84. The lowest BCUT2D eigenvalue weighted by atomic mass is 9.97. The van der Waals surface area contributed by atoms with Gasteiger partial charge in [-0.15, -0.1) is 21.5 Å². The number of nitrogens with one attached hydrogen (secondary N) is 1. The van der Waals surface area contributed by atoms with E-state index in [0.717, 1.165) is 22.8 Å². The molecular formula is C26H24ClFN4O4S2. The van der Waals surface area contributed by atoms with E-state index in [0.29, 0.717) is 32.9 Å². The summed E-state index contributed by atoms with van der Waals surface area (Å²) in [7, 11) is 3.06. The minimum atomic E-state index is -0.524. The summed E-state index contributed by atoms with van der Waals surface area (Å²) in [6.07, 6.45) is 0. The minimum Gasteiger partial charge on any atom is -0.484 e. The molecule has 0 aliphatic carbocycles. The van der Waals surface area contributed by atoms with Gasteiger partial charge in [-0.1, -0.05) is 47.1 Å². The molecule has 4 aromatic rings. The van der Waals surface area contributed by atoms with Crippen molar-refractivity contribution in [3.8, 4) is 16.9 Å². The lowest BCUT2D eigenvalue weighted by Gasteiger charge is -2.10. The molecule has 0 spiro atoms. The third-order valence-electron chi connectivity index (χ3n) is 5.62. The molecule has 0 aliphatic rings. The van der Waals surface area contributed by atoms with Gasteiger partial charge in [-0.05, 0) is 43.2 Å². The average molecular weight is 575 g/mol. The Morgan fingerprint density at radius 3 is 2.68 bits per heavy atom. The number of rotatable bonds is 9. The van der Waals surface area contributed by atoms with E-state index >= 15 is 0 Å². The second-order valence-electron chi connectivity index (χ2n) is 8.32. The van der Waals surface area contributed by atoms with Gasteiger partial charge in [0.05, 0.1) is 17.9 Å². The minimum absolute atomic E-state index is 0.0357. The monoisotopic (exact) mass is 574 g/mol. The Morgan fingerprint density at radius 1 is 1.16 bits per heavy atom. The smallest absolute Gasteiger partial charge is 0.341 e. The van der Waals surface area contributed by atoms with E-state index in [1.54, 1.807) is 11.6 Å². The van der Waals surface area contributed by atoms with Crippen molar-refractivity contribution < 1.29 is 23.5 Å². The first-order valence-corrected chi connectivity index (χ1v) is 13.6. The van der Waals surface area contributed by atoms with Crippen LogP contribution >= 0.6 is 34.7 Å². The van der Waals surface area contributed by atoms with Gasteiger partial charge in [0, 0.05) is 18.0 Å². The maximum atomic E-state index is 13.2. The molecule has 2 heterocycles. The van der Waals surface area contributed by atoms with Crippen molar-refractivity contribution in [3.05, 3.63) is 75.1 Å². The third kappa shape index (κ3) is 6.17. The number of anilines is 1. The van der Waals surface area contributed by atoms with Crippen LogP contribution in [0.5, 0.6) is 5.75 Å². The topological polar surface area (TPSA) is 95.3 Å². The largest absolute Gasteiger partial charge is 0.484 e. The van der Waals surface area contributed by atoms with Crippen LogP contribution in [0.4, 0.5) is 9.39 Å². The van der Waals surface area contributed by atoms with E-state index in [1.807, 2.05) is 37.4 Å². The van der Waals surface area contributed by atoms with Crippen molar-refractivity contribution in [2.45, 2.75) is 25.6 Å². The number of methoxy groups -OCH3 is 1. The predicted molar refractivity (Wildman–Crippen MR) is 147 cm³/mol. The van der Waals surface area contributed by atoms with Crippen LogP contribution in [0.15, 0.2) is 46.9 Å². The molecule has 4 rings (SSSR count). The number of thioether (sulfide) groups is 1. The fraction of sp³-hybridized carbons (Fsp3) is 0.231. The highest BCUT2D eigenvalue weighted by molar-refractivity contribution is 7.99. The number of ether oxygens (including phenoxy) is 2. The number of aromatic nitrogens is 3. The molecule has 198 valence electrons. The van der Waals surface area contributed by atoms with E-state index in [4.69, 9.17) is 21.1 Å². The highest BCUT2D eigenvalue weighted by Crippen LogP contribution is 2.38. The van der Waals surface area contributed by atoms with E-state index in [1.165, 1.54) is 42.3 Å². The molecule has 38 heavy (non-hydrogen) atoms. The van der Waals surface area contributed by atoms with Crippen molar-refractivity contribution in [3.63, 3.8) is 0 Å². The Labute approximate surface area is 232 Å². The number of esters is 1. The number of halogens is 2. The summed E-state index contributed by atoms with van der Waals surface area (Å²) in [5.74, 6) is -0.438. The quantitative estimate of drug-likeness (QED) is 0.192. The van der Waals surface area contributed by atoms with Gasteiger partial charge in [-0.2, -0.15) is 0 Å². The van der Waals surface area contributed by atoms with E-state index in [9.17, 15) is 14.0 Å². The van der Waals surface area contributed by atoms with Crippen molar-refractivity contribution in [1.82, 2.24) is 14.8 Å².